The Morgan fingerprint density at radius 1 is 0.719 bits per heavy atom. The molecule has 2 nitrogen and oxygen atoms in total. The lowest BCUT2D eigenvalue weighted by atomic mass is 9.95. The van der Waals surface area contributed by atoms with Crippen molar-refractivity contribution in [1.82, 2.24) is 0 Å². The molecule has 0 saturated carbocycles. The van der Waals surface area contributed by atoms with Crippen LogP contribution in [0.3, 0.4) is 0 Å². The second kappa shape index (κ2) is 9.41. The molecule has 0 radical (unpaired) electrons. The Kier molecular flexibility index (Phi) is 7.51. The highest BCUT2D eigenvalue weighted by Gasteiger charge is 2.81. The van der Waals surface area contributed by atoms with Crippen molar-refractivity contribution >= 4 is 5.78 Å². The predicted octanol–water partition coefficient (Wildman–Crippen LogP) is 7.04. The summed E-state index contributed by atoms with van der Waals surface area (Å²) in [5, 5.41) is 0. The van der Waals surface area contributed by atoms with E-state index in [9.17, 15) is 44.3 Å². The number of benzene rings is 2. The molecule has 176 valence electrons. The van der Waals surface area contributed by atoms with Crippen LogP contribution in [0.5, 0.6) is 5.75 Å². The number of rotatable bonds is 10. The van der Waals surface area contributed by atoms with Gasteiger partial charge in [0.1, 0.15) is 5.75 Å². The van der Waals surface area contributed by atoms with Gasteiger partial charge < -0.3 is 4.74 Å². The zero-order valence-corrected chi connectivity index (χ0v) is 16.2. The maximum atomic E-state index is 13.9. The number of Topliss-reactive ketones (excluding diaryl/α,β-unsaturated/α-hetero) is 1. The van der Waals surface area contributed by atoms with E-state index in [0.29, 0.717) is 37.3 Å². The molecule has 2 aromatic rings. The Morgan fingerprint density at radius 2 is 1.28 bits per heavy atom. The van der Waals surface area contributed by atoms with Crippen LogP contribution in [0.25, 0.3) is 0 Å². The Labute approximate surface area is 177 Å². The van der Waals surface area contributed by atoms with Crippen molar-refractivity contribution in [2.75, 3.05) is 6.61 Å². The average Bonchev–Trinajstić information content (AvgIpc) is 2.73. The van der Waals surface area contributed by atoms with Crippen molar-refractivity contribution in [1.29, 1.82) is 0 Å². The fraction of sp³-hybridized carbons (Fsp3) is 0.381. The van der Waals surface area contributed by atoms with Crippen LogP contribution in [-0.4, -0.2) is 30.4 Å². The van der Waals surface area contributed by atoms with Crippen LogP contribution < -0.4 is 4.74 Å². The summed E-state index contributed by atoms with van der Waals surface area (Å²) in [4.78, 5) is 12.1. The van der Waals surface area contributed by atoms with E-state index in [2.05, 4.69) is 0 Å². The van der Waals surface area contributed by atoms with E-state index in [4.69, 9.17) is 4.74 Å². The van der Waals surface area contributed by atoms with Crippen LogP contribution in [-0.2, 0) is 5.92 Å². The number of ether oxygens (including phenoxy) is 1. The van der Waals surface area contributed by atoms with E-state index in [1.54, 1.807) is 30.3 Å². The summed E-state index contributed by atoms with van der Waals surface area (Å²) in [6.45, 7) is 0.297. The lowest BCUT2D eigenvalue weighted by molar-refractivity contribution is -0.399. The summed E-state index contributed by atoms with van der Waals surface area (Å²) in [6, 6.07) is 10.6. The number of hydrogen-bond donors (Lipinski definition) is 0. The Bertz CT molecular complexity index is 892. The first-order valence-corrected chi connectivity index (χ1v) is 9.23. The lowest BCUT2D eigenvalue weighted by Crippen LogP contribution is -2.59. The van der Waals surface area contributed by atoms with Crippen LogP contribution in [0, 0.1) is 0 Å². The highest BCUT2D eigenvalue weighted by atomic mass is 19.4. The Morgan fingerprint density at radius 3 is 1.81 bits per heavy atom. The van der Waals surface area contributed by atoms with Gasteiger partial charge in [0.2, 0.25) is 0 Å². The molecule has 0 heterocycles. The van der Waals surface area contributed by atoms with E-state index in [1.807, 2.05) is 0 Å². The van der Waals surface area contributed by atoms with Gasteiger partial charge in [-0.1, -0.05) is 42.5 Å². The van der Waals surface area contributed by atoms with Gasteiger partial charge in [0.15, 0.2) is 5.78 Å². The van der Waals surface area contributed by atoms with Crippen LogP contribution in [0.2, 0.25) is 0 Å². The number of alkyl halides is 9. The number of carbonyl (C=O) groups excluding carboxylic acids is 1. The minimum Gasteiger partial charge on any atom is -0.494 e. The molecule has 2 rings (SSSR count). The summed E-state index contributed by atoms with van der Waals surface area (Å²) in [5.41, 5.74) is -1.96. The smallest absolute Gasteiger partial charge is 0.460 e. The van der Waals surface area contributed by atoms with Crippen molar-refractivity contribution in [2.45, 2.75) is 43.2 Å². The first-order chi connectivity index (χ1) is 14.7. The molecular formula is C21H17F9O2. The molecule has 0 atom stereocenters. The van der Waals surface area contributed by atoms with Crippen LogP contribution in [0.1, 0.15) is 35.2 Å². The first kappa shape index (κ1) is 25.5. The molecule has 0 bridgehead atoms. The normalized spacial score (nSPS) is 13.2. The van der Waals surface area contributed by atoms with Gasteiger partial charge in [-0.05, 0) is 25.0 Å². The van der Waals surface area contributed by atoms with Gasteiger partial charge in [0.25, 0.3) is 0 Å². The van der Waals surface area contributed by atoms with Gasteiger partial charge in [0, 0.05) is 17.5 Å². The van der Waals surface area contributed by atoms with Gasteiger partial charge in [-0.2, -0.15) is 39.5 Å². The molecule has 0 amide bonds. The number of ketones is 1. The zero-order valence-electron chi connectivity index (χ0n) is 16.2. The fourth-order valence-corrected chi connectivity index (χ4v) is 2.66. The van der Waals surface area contributed by atoms with E-state index in [-0.39, 0.29) is 24.1 Å². The van der Waals surface area contributed by atoms with E-state index >= 15 is 0 Å². The largest absolute Gasteiger partial charge is 0.494 e. The van der Waals surface area contributed by atoms with Crippen LogP contribution in [0.4, 0.5) is 39.5 Å². The number of halogens is 9. The van der Waals surface area contributed by atoms with E-state index < -0.39 is 35.3 Å². The minimum atomic E-state index is -6.97. The third-order valence-electron chi connectivity index (χ3n) is 4.52. The topological polar surface area (TPSA) is 26.3 Å². The SMILES string of the molecule is O=C(CCCCOc1ccccc1)c1ccc(C(F)(F)C(F)(F)C(F)(F)C(F)(F)F)cc1. The fourth-order valence-electron chi connectivity index (χ4n) is 2.66. The van der Waals surface area contributed by atoms with Gasteiger partial charge in [-0.3, -0.25) is 4.79 Å². The summed E-state index contributed by atoms with van der Waals surface area (Å²) in [5.74, 6) is -19.5. The first-order valence-electron chi connectivity index (χ1n) is 9.23. The third-order valence-corrected chi connectivity index (χ3v) is 4.52. The minimum absolute atomic E-state index is 0.0454. The predicted molar refractivity (Wildman–Crippen MR) is 96.4 cm³/mol. The number of para-hydroxylation sites is 1. The molecule has 32 heavy (non-hydrogen) atoms. The molecule has 11 heteroatoms. The molecule has 0 aliphatic carbocycles. The third kappa shape index (κ3) is 5.18. The van der Waals surface area contributed by atoms with E-state index in [1.165, 1.54) is 0 Å². The van der Waals surface area contributed by atoms with Gasteiger partial charge in [-0.15, -0.1) is 0 Å². The molecular weight excluding hydrogens is 455 g/mol. The summed E-state index contributed by atoms with van der Waals surface area (Å²) in [7, 11) is 0. The monoisotopic (exact) mass is 472 g/mol. The average molecular weight is 472 g/mol. The molecule has 0 fully saturated rings. The summed E-state index contributed by atoms with van der Waals surface area (Å²) in [6.07, 6.45) is -6.12. The maximum absolute atomic E-state index is 13.9. The second-order valence-corrected chi connectivity index (χ2v) is 6.84. The quantitative estimate of drug-likeness (QED) is 0.211. The Hall–Kier alpha value is -2.72. The van der Waals surface area contributed by atoms with Gasteiger partial charge >= 0.3 is 23.9 Å². The molecule has 0 aliphatic heterocycles. The lowest BCUT2D eigenvalue weighted by Gasteiger charge is -2.33. The van der Waals surface area contributed by atoms with Crippen molar-refractivity contribution in [3.63, 3.8) is 0 Å². The molecule has 0 N–H and O–H groups in total. The maximum Gasteiger partial charge on any atom is 0.460 e. The van der Waals surface area contributed by atoms with Crippen molar-refractivity contribution < 1.29 is 49.0 Å². The molecule has 2 aromatic carbocycles. The molecule has 0 spiro atoms. The van der Waals surface area contributed by atoms with Crippen molar-refractivity contribution in [3.8, 4) is 5.75 Å². The van der Waals surface area contributed by atoms with Crippen molar-refractivity contribution in [2.24, 2.45) is 0 Å². The molecule has 0 aromatic heterocycles. The molecule has 0 saturated heterocycles. The van der Waals surface area contributed by atoms with Crippen LogP contribution >= 0.6 is 0 Å². The summed E-state index contributed by atoms with van der Waals surface area (Å²) >= 11 is 0. The van der Waals surface area contributed by atoms with E-state index in [0.717, 1.165) is 0 Å². The number of unbranched alkanes of at least 4 members (excludes halogenated alkanes) is 1. The number of hydrogen-bond acceptors (Lipinski definition) is 2. The van der Waals surface area contributed by atoms with Crippen LogP contribution in [0.15, 0.2) is 54.6 Å². The standard InChI is InChI=1S/C21H17F9O2/c22-18(23,19(24,25)20(26,27)21(28,29)30)15-11-9-14(10-12-15)17(31)8-4-5-13-32-16-6-2-1-3-7-16/h1-3,6-7,9-12H,4-5,8,13H2. The van der Waals surface area contributed by atoms with Gasteiger partial charge in [-0.25, -0.2) is 0 Å². The zero-order chi connectivity index (χ0) is 24.2. The second-order valence-electron chi connectivity index (χ2n) is 6.84. The molecule has 0 aliphatic rings. The molecule has 0 unspecified atom stereocenters. The van der Waals surface area contributed by atoms with Crippen molar-refractivity contribution in [3.05, 3.63) is 65.7 Å². The Balaban J connectivity index is 1.98. The summed E-state index contributed by atoms with van der Waals surface area (Å²) < 4.78 is 123. The van der Waals surface area contributed by atoms with Gasteiger partial charge in [0.05, 0.1) is 6.61 Å². The highest BCUT2D eigenvalue weighted by Crippen LogP contribution is 2.56. The number of carbonyl (C=O) groups is 1. The highest BCUT2D eigenvalue weighted by molar-refractivity contribution is 5.96.